The van der Waals surface area contributed by atoms with Gasteiger partial charge in [-0.05, 0) is 30.3 Å². The Bertz CT molecular complexity index is 484. The molecule has 0 unspecified atom stereocenters. The lowest BCUT2D eigenvalue weighted by Gasteiger charge is -2.02. The highest BCUT2D eigenvalue weighted by molar-refractivity contribution is 9.10. The van der Waals surface area contributed by atoms with E-state index in [4.69, 9.17) is 0 Å². The van der Waals surface area contributed by atoms with Crippen LogP contribution in [-0.4, -0.2) is 15.9 Å². The highest BCUT2D eigenvalue weighted by Gasteiger charge is 2.06. The monoisotopic (exact) mass is 277 g/mol. The fraction of sp³-hybridized carbons (Fsp3) is 0. The van der Waals surface area contributed by atoms with Crippen LogP contribution < -0.4 is 5.32 Å². The van der Waals surface area contributed by atoms with Gasteiger partial charge < -0.3 is 0 Å². The molecule has 0 radical (unpaired) electrons. The number of hydrogen-bond acceptors (Lipinski definition) is 3. The number of nitrogens with zero attached hydrogens (tertiary/aromatic N) is 2. The van der Waals surface area contributed by atoms with Gasteiger partial charge in [-0.15, -0.1) is 0 Å². The molecule has 0 aliphatic rings. The first kappa shape index (κ1) is 10.8. The number of nitrogens with one attached hydrogen (secondary N) is 1. The molecule has 1 heterocycles. The second kappa shape index (κ2) is 4.85. The molecule has 2 aromatic rings. The van der Waals surface area contributed by atoms with Crippen LogP contribution in [0, 0.1) is 0 Å². The highest BCUT2D eigenvalue weighted by atomic mass is 79.9. The zero-order valence-electron chi connectivity index (χ0n) is 8.22. The third-order valence-corrected chi connectivity index (χ3v) is 2.43. The van der Waals surface area contributed by atoms with Crippen molar-refractivity contribution in [1.29, 1.82) is 0 Å². The van der Waals surface area contributed by atoms with Crippen molar-refractivity contribution in [2.75, 3.05) is 5.32 Å². The van der Waals surface area contributed by atoms with Crippen LogP contribution in [0.15, 0.2) is 47.2 Å². The van der Waals surface area contributed by atoms with Gasteiger partial charge in [0, 0.05) is 22.4 Å². The van der Waals surface area contributed by atoms with Crippen molar-refractivity contribution in [3.05, 3.63) is 52.8 Å². The second-order valence-corrected chi connectivity index (χ2v) is 3.95. The summed E-state index contributed by atoms with van der Waals surface area (Å²) >= 11 is 3.30. The Morgan fingerprint density at radius 3 is 2.38 bits per heavy atom. The molecule has 0 fully saturated rings. The number of anilines is 1. The van der Waals surface area contributed by atoms with Crippen LogP contribution in [0.3, 0.4) is 0 Å². The third-order valence-electron chi connectivity index (χ3n) is 1.90. The second-order valence-electron chi connectivity index (χ2n) is 3.03. The van der Waals surface area contributed by atoms with E-state index in [1.54, 1.807) is 42.7 Å². The summed E-state index contributed by atoms with van der Waals surface area (Å²) in [6.45, 7) is 0. The van der Waals surface area contributed by atoms with Crippen molar-refractivity contribution >= 4 is 27.8 Å². The number of aromatic nitrogens is 2. The first-order valence-corrected chi connectivity index (χ1v) is 5.39. The Kier molecular flexibility index (Phi) is 3.26. The van der Waals surface area contributed by atoms with Crippen LogP contribution in [0.5, 0.6) is 0 Å². The number of rotatable bonds is 2. The van der Waals surface area contributed by atoms with E-state index in [9.17, 15) is 4.79 Å². The molecule has 0 aliphatic heterocycles. The molecule has 4 nitrogen and oxygen atoms in total. The Labute approximate surface area is 101 Å². The molecule has 0 aliphatic carbocycles. The van der Waals surface area contributed by atoms with Crippen LogP contribution >= 0.6 is 15.9 Å². The van der Waals surface area contributed by atoms with Gasteiger partial charge in [0.1, 0.15) is 0 Å². The van der Waals surface area contributed by atoms with Gasteiger partial charge in [0.15, 0.2) is 0 Å². The van der Waals surface area contributed by atoms with Crippen LogP contribution in [0.1, 0.15) is 10.4 Å². The Morgan fingerprint density at radius 1 is 1.12 bits per heavy atom. The average Bonchev–Trinajstić information content (AvgIpc) is 2.31. The van der Waals surface area contributed by atoms with Gasteiger partial charge in [-0.1, -0.05) is 15.9 Å². The molecule has 0 saturated carbocycles. The van der Waals surface area contributed by atoms with Gasteiger partial charge in [-0.2, -0.15) is 0 Å². The minimum atomic E-state index is -0.223. The average molecular weight is 278 g/mol. The maximum Gasteiger partial charge on any atom is 0.258 e. The summed E-state index contributed by atoms with van der Waals surface area (Å²) in [7, 11) is 0. The quantitative estimate of drug-likeness (QED) is 0.918. The molecule has 1 aromatic carbocycles. The lowest BCUT2D eigenvalue weighted by atomic mass is 10.2. The molecule has 0 spiro atoms. The van der Waals surface area contributed by atoms with E-state index in [-0.39, 0.29) is 5.91 Å². The summed E-state index contributed by atoms with van der Waals surface area (Å²) in [5.74, 6) is 0.0779. The molecular weight excluding hydrogens is 270 g/mol. The molecule has 0 saturated heterocycles. The molecule has 1 amide bonds. The lowest BCUT2D eigenvalue weighted by Crippen LogP contribution is -2.13. The number of amides is 1. The predicted molar refractivity (Wildman–Crippen MR) is 64.1 cm³/mol. The van der Waals surface area contributed by atoms with Crippen molar-refractivity contribution in [2.24, 2.45) is 0 Å². The van der Waals surface area contributed by atoms with Crippen molar-refractivity contribution in [1.82, 2.24) is 9.97 Å². The predicted octanol–water partition coefficient (Wildman–Crippen LogP) is 2.49. The van der Waals surface area contributed by atoms with E-state index in [0.29, 0.717) is 11.5 Å². The van der Waals surface area contributed by atoms with E-state index in [1.807, 2.05) is 0 Å². The zero-order valence-corrected chi connectivity index (χ0v) is 9.81. The van der Waals surface area contributed by atoms with Crippen LogP contribution in [0.2, 0.25) is 0 Å². The minimum absolute atomic E-state index is 0.223. The molecule has 0 atom stereocenters. The fourth-order valence-electron chi connectivity index (χ4n) is 1.14. The Morgan fingerprint density at radius 2 is 1.75 bits per heavy atom. The molecule has 80 valence electrons. The van der Waals surface area contributed by atoms with Crippen molar-refractivity contribution in [3.63, 3.8) is 0 Å². The Balaban J connectivity index is 2.12. The van der Waals surface area contributed by atoms with E-state index < -0.39 is 0 Å². The standard InChI is InChI=1S/C11H8BrN3O/c12-9-4-2-8(3-5-9)10(16)15-11-13-6-1-7-14-11/h1-7H,(H,13,14,15,16). The van der Waals surface area contributed by atoms with Crippen molar-refractivity contribution in [3.8, 4) is 0 Å². The van der Waals surface area contributed by atoms with Crippen LogP contribution in [0.4, 0.5) is 5.95 Å². The number of carbonyl (C=O) groups is 1. The minimum Gasteiger partial charge on any atom is -0.290 e. The summed E-state index contributed by atoms with van der Waals surface area (Å²) in [6, 6.07) is 8.75. The number of carbonyl (C=O) groups excluding carboxylic acids is 1. The number of benzene rings is 1. The largest absolute Gasteiger partial charge is 0.290 e. The van der Waals surface area contributed by atoms with E-state index >= 15 is 0 Å². The normalized spacial score (nSPS) is 9.81. The maximum atomic E-state index is 11.7. The SMILES string of the molecule is O=C(Nc1ncccn1)c1ccc(Br)cc1. The first-order chi connectivity index (χ1) is 7.75. The summed E-state index contributed by atoms with van der Waals surface area (Å²) < 4.78 is 0.931. The van der Waals surface area contributed by atoms with Gasteiger partial charge >= 0.3 is 0 Å². The van der Waals surface area contributed by atoms with E-state index in [0.717, 1.165) is 4.47 Å². The molecule has 1 N–H and O–H groups in total. The smallest absolute Gasteiger partial charge is 0.258 e. The van der Waals surface area contributed by atoms with Crippen molar-refractivity contribution < 1.29 is 4.79 Å². The summed E-state index contributed by atoms with van der Waals surface area (Å²) in [6.07, 6.45) is 3.15. The zero-order chi connectivity index (χ0) is 11.4. The summed E-state index contributed by atoms with van der Waals surface area (Å²) in [4.78, 5) is 19.5. The highest BCUT2D eigenvalue weighted by Crippen LogP contribution is 2.11. The molecular formula is C11H8BrN3O. The maximum absolute atomic E-state index is 11.7. The topological polar surface area (TPSA) is 54.9 Å². The van der Waals surface area contributed by atoms with E-state index in [1.165, 1.54) is 0 Å². The Hall–Kier alpha value is -1.75. The molecule has 2 rings (SSSR count). The van der Waals surface area contributed by atoms with Gasteiger partial charge in [0.25, 0.3) is 5.91 Å². The summed E-state index contributed by atoms with van der Waals surface area (Å²) in [5, 5.41) is 2.60. The van der Waals surface area contributed by atoms with Crippen LogP contribution in [0.25, 0.3) is 0 Å². The number of halogens is 1. The van der Waals surface area contributed by atoms with Gasteiger partial charge in [0.05, 0.1) is 0 Å². The molecule has 16 heavy (non-hydrogen) atoms. The van der Waals surface area contributed by atoms with Gasteiger partial charge in [-0.3, -0.25) is 10.1 Å². The molecule has 1 aromatic heterocycles. The lowest BCUT2D eigenvalue weighted by molar-refractivity contribution is 0.102. The first-order valence-electron chi connectivity index (χ1n) is 4.59. The van der Waals surface area contributed by atoms with Gasteiger partial charge in [0.2, 0.25) is 5.95 Å². The van der Waals surface area contributed by atoms with Crippen LogP contribution in [-0.2, 0) is 0 Å². The molecule has 0 bridgehead atoms. The third kappa shape index (κ3) is 2.64. The molecule has 5 heteroatoms. The van der Waals surface area contributed by atoms with E-state index in [2.05, 4.69) is 31.2 Å². The fourth-order valence-corrected chi connectivity index (χ4v) is 1.40. The van der Waals surface area contributed by atoms with Crippen molar-refractivity contribution in [2.45, 2.75) is 0 Å². The number of hydrogen-bond donors (Lipinski definition) is 1. The summed E-state index contributed by atoms with van der Waals surface area (Å²) in [5.41, 5.74) is 0.565. The van der Waals surface area contributed by atoms with Gasteiger partial charge in [-0.25, -0.2) is 9.97 Å².